The van der Waals surface area contributed by atoms with Gasteiger partial charge >= 0.3 is 0 Å². The van der Waals surface area contributed by atoms with Crippen LogP contribution in [0.4, 0.5) is 0 Å². The molecule has 0 saturated carbocycles. The molecule has 0 aromatic heterocycles. The lowest BCUT2D eigenvalue weighted by Gasteiger charge is -2.21. The van der Waals surface area contributed by atoms with Crippen molar-refractivity contribution in [3.8, 4) is 0 Å². The summed E-state index contributed by atoms with van der Waals surface area (Å²) in [7, 11) is -1.01. The van der Waals surface area contributed by atoms with E-state index in [0.717, 1.165) is 24.2 Å². The van der Waals surface area contributed by atoms with E-state index in [1.807, 2.05) is 0 Å². The number of Topliss-reactive ketones (excluding diaryl/α,β-unsaturated/α-hetero) is 1. The summed E-state index contributed by atoms with van der Waals surface area (Å²) >= 11 is 1.78. The predicted octanol–water partition coefficient (Wildman–Crippen LogP) is 2.39. The van der Waals surface area contributed by atoms with Crippen molar-refractivity contribution in [2.75, 3.05) is 24.9 Å². The SMILES string of the molecule is C[Si](C)(C)CCOCO[C@H]1CSCCC1=O. The van der Waals surface area contributed by atoms with Crippen LogP contribution in [0, 0.1) is 0 Å². The maximum Gasteiger partial charge on any atom is 0.163 e. The second-order valence-corrected chi connectivity index (χ2v) is 12.1. The Balaban J connectivity index is 2.04. The summed E-state index contributed by atoms with van der Waals surface area (Å²) in [6, 6.07) is 1.14. The van der Waals surface area contributed by atoms with Gasteiger partial charge in [0.25, 0.3) is 0 Å². The number of ether oxygens (including phenoxy) is 2. The van der Waals surface area contributed by atoms with Crippen LogP contribution in [0.3, 0.4) is 0 Å². The van der Waals surface area contributed by atoms with Crippen LogP contribution in [0.25, 0.3) is 0 Å². The van der Waals surface area contributed by atoms with Crippen molar-refractivity contribution in [2.24, 2.45) is 0 Å². The molecule has 0 spiro atoms. The second-order valence-electron chi connectivity index (χ2n) is 5.28. The highest BCUT2D eigenvalue weighted by Crippen LogP contribution is 2.16. The largest absolute Gasteiger partial charge is 0.356 e. The van der Waals surface area contributed by atoms with Crippen molar-refractivity contribution in [3.05, 3.63) is 0 Å². The van der Waals surface area contributed by atoms with Gasteiger partial charge in [-0.1, -0.05) is 19.6 Å². The molecule has 5 heteroatoms. The first kappa shape index (κ1) is 14.2. The number of thioether (sulfide) groups is 1. The summed E-state index contributed by atoms with van der Waals surface area (Å²) in [4.78, 5) is 11.4. The fourth-order valence-corrected chi connectivity index (χ4v) is 3.09. The van der Waals surface area contributed by atoms with Gasteiger partial charge in [-0.05, 0) is 6.04 Å². The molecule has 1 fully saturated rings. The highest BCUT2D eigenvalue weighted by atomic mass is 32.2. The van der Waals surface area contributed by atoms with E-state index in [-0.39, 0.29) is 18.7 Å². The Kier molecular flexibility index (Phi) is 6.03. The summed E-state index contributed by atoms with van der Waals surface area (Å²) in [5.74, 6) is 1.96. The molecule has 0 unspecified atom stereocenters. The van der Waals surface area contributed by atoms with Gasteiger partial charge in [0, 0.05) is 32.6 Å². The summed E-state index contributed by atoms with van der Waals surface area (Å²) in [5, 5.41) is 0. The molecule has 0 aromatic rings. The van der Waals surface area contributed by atoms with Crippen LogP contribution in [0.2, 0.25) is 25.7 Å². The van der Waals surface area contributed by atoms with E-state index >= 15 is 0 Å². The highest BCUT2D eigenvalue weighted by Gasteiger charge is 2.23. The quantitative estimate of drug-likeness (QED) is 0.418. The third kappa shape index (κ3) is 6.03. The smallest absolute Gasteiger partial charge is 0.163 e. The minimum absolute atomic E-state index is 0.229. The number of hydrogen-bond acceptors (Lipinski definition) is 4. The Morgan fingerprint density at radius 2 is 2.19 bits per heavy atom. The van der Waals surface area contributed by atoms with Gasteiger partial charge in [-0.3, -0.25) is 4.79 Å². The standard InChI is InChI=1S/C11H22O3SSi/c1-16(2,3)7-5-13-9-14-11-8-15-6-4-10(11)12/h11H,4-9H2,1-3H3/t11-/m0/s1. The Morgan fingerprint density at radius 3 is 2.81 bits per heavy atom. The molecule has 0 aliphatic carbocycles. The Hall–Kier alpha value is 0.157. The van der Waals surface area contributed by atoms with Crippen molar-refractivity contribution in [3.63, 3.8) is 0 Å². The first-order chi connectivity index (χ1) is 7.49. The molecule has 1 aliphatic heterocycles. The van der Waals surface area contributed by atoms with Crippen molar-refractivity contribution in [2.45, 2.75) is 38.2 Å². The summed E-state index contributed by atoms with van der Waals surface area (Å²) < 4.78 is 10.8. The van der Waals surface area contributed by atoms with E-state index in [4.69, 9.17) is 9.47 Å². The molecule has 0 bridgehead atoms. The van der Waals surface area contributed by atoms with E-state index in [1.165, 1.54) is 0 Å². The predicted molar refractivity (Wildman–Crippen MR) is 70.8 cm³/mol. The second kappa shape index (κ2) is 6.79. The van der Waals surface area contributed by atoms with Gasteiger partial charge in [-0.2, -0.15) is 11.8 Å². The molecule has 3 nitrogen and oxygen atoms in total. The topological polar surface area (TPSA) is 35.5 Å². The summed E-state index contributed by atoms with van der Waals surface area (Å²) in [5.41, 5.74) is 0. The van der Waals surface area contributed by atoms with E-state index in [0.29, 0.717) is 6.42 Å². The van der Waals surface area contributed by atoms with Crippen LogP contribution in [0.15, 0.2) is 0 Å². The third-order valence-electron chi connectivity index (χ3n) is 2.47. The zero-order valence-electron chi connectivity index (χ0n) is 10.5. The average molecular weight is 262 g/mol. The number of hydrogen-bond donors (Lipinski definition) is 0. The Labute approximate surface area is 103 Å². The summed E-state index contributed by atoms with van der Waals surface area (Å²) in [6.07, 6.45) is 0.412. The lowest BCUT2D eigenvalue weighted by atomic mass is 10.2. The average Bonchev–Trinajstić information content (AvgIpc) is 2.18. The number of carbonyl (C=O) groups excluding carboxylic acids is 1. The number of rotatable bonds is 6. The van der Waals surface area contributed by atoms with Gasteiger partial charge in [0.1, 0.15) is 12.9 Å². The molecular formula is C11H22O3SSi. The van der Waals surface area contributed by atoms with Gasteiger partial charge in [0.05, 0.1) is 0 Å². The van der Waals surface area contributed by atoms with E-state index in [9.17, 15) is 4.79 Å². The molecule has 1 heterocycles. The molecule has 0 N–H and O–H groups in total. The number of ketones is 1. The van der Waals surface area contributed by atoms with Crippen LogP contribution in [-0.2, 0) is 14.3 Å². The fourth-order valence-electron chi connectivity index (χ4n) is 1.33. The van der Waals surface area contributed by atoms with Crippen LogP contribution in [0.5, 0.6) is 0 Å². The lowest BCUT2D eigenvalue weighted by Crippen LogP contribution is -2.32. The maximum absolute atomic E-state index is 11.4. The van der Waals surface area contributed by atoms with E-state index < -0.39 is 8.07 Å². The fraction of sp³-hybridized carbons (Fsp3) is 0.909. The Bertz CT molecular complexity index is 228. The van der Waals surface area contributed by atoms with Crippen molar-refractivity contribution in [1.29, 1.82) is 0 Å². The Morgan fingerprint density at radius 1 is 1.44 bits per heavy atom. The van der Waals surface area contributed by atoms with Crippen LogP contribution < -0.4 is 0 Å². The van der Waals surface area contributed by atoms with Gasteiger partial charge < -0.3 is 9.47 Å². The summed E-state index contributed by atoms with van der Waals surface area (Å²) in [6.45, 7) is 7.97. The molecule has 1 aliphatic rings. The monoisotopic (exact) mass is 262 g/mol. The molecular weight excluding hydrogens is 240 g/mol. The van der Waals surface area contributed by atoms with Gasteiger partial charge in [0.2, 0.25) is 0 Å². The molecule has 0 aromatic carbocycles. The van der Waals surface area contributed by atoms with Crippen molar-refractivity contribution in [1.82, 2.24) is 0 Å². The van der Waals surface area contributed by atoms with Gasteiger partial charge in [0.15, 0.2) is 5.78 Å². The van der Waals surface area contributed by atoms with Gasteiger partial charge in [-0.25, -0.2) is 0 Å². The third-order valence-corrected chi connectivity index (χ3v) is 5.21. The van der Waals surface area contributed by atoms with Gasteiger partial charge in [-0.15, -0.1) is 0 Å². The molecule has 0 radical (unpaired) electrons. The molecule has 94 valence electrons. The molecule has 1 atom stereocenters. The first-order valence-electron chi connectivity index (χ1n) is 5.79. The minimum Gasteiger partial charge on any atom is -0.356 e. The maximum atomic E-state index is 11.4. The van der Waals surface area contributed by atoms with Crippen LogP contribution in [-0.4, -0.2) is 44.9 Å². The zero-order chi connectivity index (χ0) is 12.0. The highest BCUT2D eigenvalue weighted by molar-refractivity contribution is 7.99. The van der Waals surface area contributed by atoms with Crippen molar-refractivity contribution >= 4 is 25.6 Å². The lowest BCUT2D eigenvalue weighted by molar-refractivity contribution is -0.139. The van der Waals surface area contributed by atoms with E-state index in [1.54, 1.807) is 11.8 Å². The minimum atomic E-state index is -1.01. The molecule has 1 rings (SSSR count). The molecule has 0 amide bonds. The van der Waals surface area contributed by atoms with E-state index in [2.05, 4.69) is 19.6 Å². The first-order valence-corrected chi connectivity index (χ1v) is 10.6. The zero-order valence-corrected chi connectivity index (χ0v) is 12.3. The van der Waals surface area contributed by atoms with Crippen molar-refractivity contribution < 1.29 is 14.3 Å². The number of carbonyl (C=O) groups is 1. The van der Waals surface area contributed by atoms with Crippen LogP contribution in [0.1, 0.15) is 6.42 Å². The molecule has 1 saturated heterocycles. The molecule has 16 heavy (non-hydrogen) atoms. The van der Waals surface area contributed by atoms with Crippen LogP contribution >= 0.6 is 11.8 Å². The normalized spacial score (nSPS) is 22.4.